The van der Waals surface area contributed by atoms with Gasteiger partial charge >= 0.3 is 0 Å². The van der Waals surface area contributed by atoms with Gasteiger partial charge in [-0.25, -0.2) is 4.39 Å². The van der Waals surface area contributed by atoms with Crippen LogP contribution < -0.4 is 10.6 Å². The van der Waals surface area contributed by atoms with Gasteiger partial charge in [0.15, 0.2) is 6.67 Å². The fourth-order valence-corrected chi connectivity index (χ4v) is 1.52. The van der Waals surface area contributed by atoms with Gasteiger partial charge in [0.1, 0.15) is 0 Å². The summed E-state index contributed by atoms with van der Waals surface area (Å²) in [7, 11) is 0. The van der Waals surface area contributed by atoms with Crippen molar-refractivity contribution in [1.29, 1.82) is 0 Å². The smallest absolute Gasteiger partial charge is 0.255 e. The van der Waals surface area contributed by atoms with Crippen molar-refractivity contribution in [2.24, 2.45) is 0 Å². The summed E-state index contributed by atoms with van der Waals surface area (Å²) in [4.78, 5) is 10.9. The standard InChI is InChI=1S/C14H13FN2O/c15-10-14(18)17-13-8-6-12(7-9-13)16-11-4-2-1-3-5-11/h1-9,16H,10H2,(H,17,18). The second-order valence-electron chi connectivity index (χ2n) is 3.75. The summed E-state index contributed by atoms with van der Waals surface area (Å²) in [6.07, 6.45) is 0. The first-order valence-corrected chi connectivity index (χ1v) is 5.56. The van der Waals surface area contributed by atoms with Gasteiger partial charge in [-0.05, 0) is 36.4 Å². The van der Waals surface area contributed by atoms with Crippen molar-refractivity contribution >= 4 is 23.0 Å². The minimum absolute atomic E-state index is 0.580. The SMILES string of the molecule is O=C(CF)Nc1ccc(Nc2ccccc2)cc1. The molecule has 0 atom stereocenters. The van der Waals surface area contributed by atoms with Gasteiger partial charge in [0.25, 0.3) is 5.91 Å². The molecule has 0 bridgehead atoms. The molecule has 0 saturated heterocycles. The van der Waals surface area contributed by atoms with E-state index in [2.05, 4.69) is 10.6 Å². The highest BCUT2D eigenvalue weighted by molar-refractivity contribution is 5.91. The average molecular weight is 244 g/mol. The van der Waals surface area contributed by atoms with Crippen LogP contribution >= 0.6 is 0 Å². The van der Waals surface area contributed by atoms with Crippen LogP contribution in [0.1, 0.15) is 0 Å². The Bertz CT molecular complexity index is 511. The lowest BCUT2D eigenvalue weighted by atomic mass is 10.2. The number of benzene rings is 2. The summed E-state index contributed by atoms with van der Waals surface area (Å²) in [5.74, 6) is -0.640. The fraction of sp³-hybridized carbons (Fsp3) is 0.0714. The van der Waals surface area contributed by atoms with E-state index < -0.39 is 12.6 Å². The Morgan fingerprint density at radius 2 is 1.44 bits per heavy atom. The number of amides is 1. The lowest BCUT2D eigenvalue weighted by Gasteiger charge is -2.07. The molecule has 3 nitrogen and oxygen atoms in total. The summed E-state index contributed by atoms with van der Waals surface area (Å²) in [5, 5.41) is 5.65. The van der Waals surface area contributed by atoms with Crippen molar-refractivity contribution in [3.8, 4) is 0 Å². The van der Waals surface area contributed by atoms with E-state index in [0.29, 0.717) is 5.69 Å². The Labute approximate surface area is 105 Å². The third-order valence-electron chi connectivity index (χ3n) is 2.35. The first kappa shape index (κ1) is 12.1. The van der Waals surface area contributed by atoms with Crippen LogP contribution in [0.2, 0.25) is 0 Å². The van der Waals surface area contributed by atoms with Gasteiger partial charge in [0.2, 0.25) is 0 Å². The van der Waals surface area contributed by atoms with Crippen LogP contribution in [0, 0.1) is 0 Å². The predicted molar refractivity (Wildman–Crippen MR) is 70.8 cm³/mol. The molecular weight excluding hydrogens is 231 g/mol. The second-order valence-corrected chi connectivity index (χ2v) is 3.75. The zero-order valence-corrected chi connectivity index (χ0v) is 9.69. The Morgan fingerprint density at radius 1 is 0.889 bits per heavy atom. The molecule has 0 aliphatic heterocycles. The molecule has 0 fully saturated rings. The molecule has 0 radical (unpaired) electrons. The summed E-state index contributed by atoms with van der Waals surface area (Å²) >= 11 is 0. The highest BCUT2D eigenvalue weighted by Crippen LogP contribution is 2.18. The van der Waals surface area contributed by atoms with E-state index in [1.54, 1.807) is 12.1 Å². The number of carbonyl (C=O) groups excluding carboxylic acids is 1. The van der Waals surface area contributed by atoms with Crippen LogP contribution in [-0.4, -0.2) is 12.6 Å². The van der Waals surface area contributed by atoms with Gasteiger partial charge in [-0.15, -0.1) is 0 Å². The van der Waals surface area contributed by atoms with Crippen LogP contribution in [0.15, 0.2) is 54.6 Å². The van der Waals surface area contributed by atoms with E-state index in [1.807, 2.05) is 42.5 Å². The summed E-state index contributed by atoms with van der Waals surface area (Å²) in [6, 6.07) is 16.8. The molecule has 2 N–H and O–H groups in total. The minimum atomic E-state index is -1.01. The molecule has 92 valence electrons. The number of carbonyl (C=O) groups is 1. The van der Waals surface area contributed by atoms with Gasteiger partial charge in [0, 0.05) is 17.1 Å². The first-order valence-electron chi connectivity index (χ1n) is 5.56. The highest BCUT2D eigenvalue weighted by atomic mass is 19.1. The lowest BCUT2D eigenvalue weighted by Crippen LogP contribution is -2.12. The van der Waals surface area contributed by atoms with E-state index in [4.69, 9.17) is 0 Å². The predicted octanol–water partition coefficient (Wildman–Crippen LogP) is 3.34. The zero-order valence-electron chi connectivity index (χ0n) is 9.69. The lowest BCUT2D eigenvalue weighted by molar-refractivity contribution is -0.117. The molecule has 0 aromatic heterocycles. The maximum absolute atomic E-state index is 12.0. The van der Waals surface area contributed by atoms with Gasteiger partial charge in [-0.3, -0.25) is 4.79 Å². The molecule has 0 spiro atoms. The summed E-state index contributed by atoms with van der Waals surface area (Å²) in [6.45, 7) is -1.01. The number of hydrogen-bond donors (Lipinski definition) is 2. The van der Waals surface area contributed by atoms with Crippen molar-refractivity contribution in [3.63, 3.8) is 0 Å². The van der Waals surface area contributed by atoms with Crippen molar-refractivity contribution in [2.45, 2.75) is 0 Å². The van der Waals surface area contributed by atoms with E-state index in [-0.39, 0.29) is 0 Å². The van der Waals surface area contributed by atoms with Crippen LogP contribution in [0.3, 0.4) is 0 Å². The summed E-state index contributed by atoms with van der Waals surface area (Å²) in [5.41, 5.74) is 2.47. The van der Waals surface area contributed by atoms with E-state index >= 15 is 0 Å². The number of para-hydroxylation sites is 1. The van der Waals surface area contributed by atoms with Crippen molar-refractivity contribution < 1.29 is 9.18 Å². The van der Waals surface area contributed by atoms with Gasteiger partial charge in [-0.1, -0.05) is 18.2 Å². The second kappa shape index (κ2) is 5.82. The molecular formula is C14H13FN2O. The monoisotopic (exact) mass is 244 g/mol. The molecule has 0 heterocycles. The minimum Gasteiger partial charge on any atom is -0.356 e. The zero-order chi connectivity index (χ0) is 12.8. The average Bonchev–Trinajstić information content (AvgIpc) is 2.42. The van der Waals surface area contributed by atoms with E-state index in [9.17, 15) is 9.18 Å². The molecule has 18 heavy (non-hydrogen) atoms. The number of halogens is 1. The maximum atomic E-state index is 12.0. The van der Waals surface area contributed by atoms with E-state index in [1.165, 1.54) is 0 Å². The van der Waals surface area contributed by atoms with Crippen LogP contribution in [0.4, 0.5) is 21.5 Å². The van der Waals surface area contributed by atoms with Crippen LogP contribution in [0.5, 0.6) is 0 Å². The molecule has 1 amide bonds. The van der Waals surface area contributed by atoms with Gasteiger partial charge in [-0.2, -0.15) is 0 Å². The fourth-order valence-electron chi connectivity index (χ4n) is 1.52. The molecule has 0 saturated carbocycles. The van der Waals surface area contributed by atoms with E-state index in [0.717, 1.165) is 11.4 Å². The third kappa shape index (κ3) is 3.31. The molecule has 2 rings (SSSR count). The summed E-state index contributed by atoms with van der Waals surface area (Å²) < 4.78 is 12.0. The van der Waals surface area contributed by atoms with Crippen molar-refractivity contribution in [2.75, 3.05) is 17.3 Å². The molecule has 2 aromatic rings. The topological polar surface area (TPSA) is 41.1 Å². The van der Waals surface area contributed by atoms with Crippen LogP contribution in [0.25, 0.3) is 0 Å². The molecule has 4 heteroatoms. The Hall–Kier alpha value is -2.36. The van der Waals surface area contributed by atoms with Gasteiger partial charge in [0.05, 0.1) is 0 Å². The Morgan fingerprint density at radius 3 is 2.06 bits per heavy atom. The molecule has 2 aromatic carbocycles. The molecule has 0 aliphatic rings. The number of nitrogens with one attached hydrogen (secondary N) is 2. The van der Waals surface area contributed by atoms with Crippen LogP contribution in [-0.2, 0) is 4.79 Å². The number of hydrogen-bond acceptors (Lipinski definition) is 2. The van der Waals surface area contributed by atoms with Crippen molar-refractivity contribution in [1.82, 2.24) is 0 Å². The number of anilines is 3. The number of alkyl halides is 1. The highest BCUT2D eigenvalue weighted by Gasteiger charge is 2.00. The Balaban J connectivity index is 2.02. The normalized spacial score (nSPS) is 9.83. The van der Waals surface area contributed by atoms with Gasteiger partial charge < -0.3 is 10.6 Å². The maximum Gasteiger partial charge on any atom is 0.255 e. The quantitative estimate of drug-likeness (QED) is 0.866. The number of rotatable bonds is 4. The third-order valence-corrected chi connectivity index (χ3v) is 2.35. The molecule has 0 aliphatic carbocycles. The molecule has 0 unspecified atom stereocenters. The largest absolute Gasteiger partial charge is 0.356 e. The Kier molecular flexibility index (Phi) is 3.91. The van der Waals surface area contributed by atoms with Crippen molar-refractivity contribution in [3.05, 3.63) is 54.6 Å². The first-order chi connectivity index (χ1) is 8.78.